The fraction of sp³-hybridized carbons (Fsp3) is 0.273. The van der Waals surface area contributed by atoms with Crippen LogP contribution in [-0.2, 0) is 25.7 Å². The van der Waals surface area contributed by atoms with E-state index in [1.807, 2.05) is 59.5 Å². The number of benzene rings is 2. The van der Waals surface area contributed by atoms with Crippen LogP contribution in [0.4, 0.5) is 0 Å². The number of carbonyl (C=O) groups excluding carboxylic acids is 2. The lowest BCUT2D eigenvalue weighted by molar-refractivity contribution is -0.150. The third-order valence-electron chi connectivity index (χ3n) is 4.71. The predicted molar refractivity (Wildman–Crippen MR) is 102 cm³/mol. The van der Waals surface area contributed by atoms with E-state index in [0.717, 1.165) is 5.56 Å². The molecule has 0 spiro atoms. The van der Waals surface area contributed by atoms with Crippen LogP contribution in [0.1, 0.15) is 11.1 Å². The largest absolute Gasteiger partial charge is 0.489 e. The van der Waals surface area contributed by atoms with E-state index < -0.39 is 17.8 Å². The Bertz CT molecular complexity index is 887. The van der Waals surface area contributed by atoms with Gasteiger partial charge in [-0.25, -0.2) is 0 Å². The molecule has 0 N–H and O–H groups in total. The molecule has 1 atom stereocenters. The first-order valence-electron chi connectivity index (χ1n) is 9.26. The Morgan fingerprint density at radius 3 is 2.57 bits per heavy atom. The van der Waals surface area contributed by atoms with Crippen molar-refractivity contribution in [2.24, 2.45) is 0 Å². The van der Waals surface area contributed by atoms with Crippen LogP contribution in [0, 0.1) is 0 Å². The summed E-state index contributed by atoms with van der Waals surface area (Å²) in [5, 5.41) is 0. The minimum Gasteiger partial charge on any atom is -0.489 e. The van der Waals surface area contributed by atoms with Crippen molar-refractivity contribution in [3.05, 3.63) is 71.8 Å². The summed E-state index contributed by atoms with van der Waals surface area (Å²) in [6.07, 6.45) is 0.362. The van der Waals surface area contributed by atoms with Gasteiger partial charge in [0.15, 0.2) is 0 Å². The molecule has 1 fully saturated rings. The number of carbonyl (C=O) groups is 2. The van der Waals surface area contributed by atoms with E-state index >= 15 is 0 Å². The zero-order valence-electron chi connectivity index (χ0n) is 15.4. The number of hydrogen-bond acceptors (Lipinski definition) is 6. The maximum atomic E-state index is 12.3. The van der Waals surface area contributed by atoms with Gasteiger partial charge in [0, 0.05) is 24.7 Å². The van der Waals surface area contributed by atoms with Crippen LogP contribution in [-0.4, -0.2) is 49.0 Å². The van der Waals surface area contributed by atoms with Gasteiger partial charge in [0.05, 0.1) is 13.2 Å². The lowest BCUT2D eigenvalue weighted by Gasteiger charge is -2.35. The van der Waals surface area contributed by atoms with Crippen LogP contribution >= 0.6 is 0 Å². The third kappa shape index (κ3) is 4.13. The smallest absolute Gasteiger partial charge is 0.258 e. The van der Waals surface area contributed by atoms with Gasteiger partial charge in [-0.2, -0.15) is 0 Å². The Morgan fingerprint density at radius 1 is 1.00 bits per heavy atom. The van der Waals surface area contributed by atoms with Crippen molar-refractivity contribution in [1.29, 1.82) is 0 Å². The van der Waals surface area contributed by atoms with Crippen LogP contribution in [0.5, 0.6) is 5.75 Å². The maximum absolute atomic E-state index is 12.3. The lowest BCUT2D eigenvalue weighted by Crippen LogP contribution is -2.51. The van der Waals surface area contributed by atoms with Crippen molar-refractivity contribution < 1.29 is 23.8 Å². The summed E-state index contributed by atoms with van der Waals surface area (Å²) in [7, 11) is 0. The Hall–Kier alpha value is -2.96. The molecular weight excluding hydrogens is 358 g/mol. The second-order valence-electron chi connectivity index (χ2n) is 6.66. The Balaban J connectivity index is 1.50. The highest BCUT2D eigenvalue weighted by Crippen LogP contribution is 2.27. The molecule has 2 aliphatic rings. The highest BCUT2D eigenvalue weighted by atomic mass is 16.5. The van der Waals surface area contributed by atoms with Crippen molar-refractivity contribution >= 4 is 17.3 Å². The number of ketones is 2. The number of hydrogen-bond donors (Lipinski definition) is 0. The lowest BCUT2D eigenvalue weighted by atomic mass is 10.1. The van der Waals surface area contributed by atoms with E-state index in [-0.39, 0.29) is 0 Å². The molecule has 0 radical (unpaired) electrons. The molecule has 2 aromatic carbocycles. The summed E-state index contributed by atoms with van der Waals surface area (Å²) in [4.78, 5) is 26.4. The molecule has 2 aliphatic heterocycles. The molecule has 6 nitrogen and oxygen atoms in total. The van der Waals surface area contributed by atoms with Crippen molar-refractivity contribution in [2.45, 2.75) is 12.8 Å². The summed E-state index contributed by atoms with van der Waals surface area (Å²) >= 11 is 0. The summed E-state index contributed by atoms with van der Waals surface area (Å²) in [6, 6.07) is 17.2. The topological polar surface area (TPSA) is 65.1 Å². The van der Waals surface area contributed by atoms with Gasteiger partial charge in [-0.3, -0.25) is 14.5 Å². The molecule has 28 heavy (non-hydrogen) atoms. The first-order valence-corrected chi connectivity index (χ1v) is 9.26. The summed E-state index contributed by atoms with van der Waals surface area (Å²) in [5.41, 5.74) is 1.76. The average Bonchev–Trinajstić information content (AvgIpc) is 2.75. The number of Topliss-reactive ketones (excluding diaryl/α,β-unsaturated/α-hetero) is 1. The van der Waals surface area contributed by atoms with Crippen LogP contribution in [0.3, 0.4) is 0 Å². The highest BCUT2D eigenvalue weighted by molar-refractivity contribution is 6.44. The van der Waals surface area contributed by atoms with E-state index in [0.29, 0.717) is 50.0 Å². The number of allylic oxidation sites excluding steroid dienone is 1. The molecule has 2 aromatic rings. The van der Waals surface area contributed by atoms with Crippen LogP contribution in [0.15, 0.2) is 60.7 Å². The number of morpholine rings is 1. The zero-order valence-corrected chi connectivity index (χ0v) is 15.4. The fourth-order valence-corrected chi connectivity index (χ4v) is 3.20. The molecule has 0 bridgehead atoms. The third-order valence-corrected chi connectivity index (χ3v) is 4.71. The van der Waals surface area contributed by atoms with Gasteiger partial charge in [0.2, 0.25) is 12.0 Å². The van der Waals surface area contributed by atoms with E-state index in [9.17, 15) is 9.59 Å². The van der Waals surface area contributed by atoms with Crippen LogP contribution in [0.25, 0.3) is 5.76 Å². The number of nitrogens with zero attached hydrogens (tertiary/aromatic N) is 1. The monoisotopic (exact) mass is 379 g/mol. The van der Waals surface area contributed by atoms with E-state index in [1.54, 1.807) is 0 Å². The maximum Gasteiger partial charge on any atom is 0.258 e. The van der Waals surface area contributed by atoms with Gasteiger partial charge >= 0.3 is 0 Å². The molecule has 1 saturated heterocycles. The Labute approximate surface area is 163 Å². The minimum atomic E-state index is -0.898. The van der Waals surface area contributed by atoms with Gasteiger partial charge in [0.1, 0.15) is 18.1 Å². The SMILES string of the molecule is O=C1C=C(c2cccc(OCc3ccccc3)c2)OC(N2CCOCC2)C1=O. The normalized spacial score (nSPS) is 20.4. The van der Waals surface area contributed by atoms with Gasteiger partial charge in [0.25, 0.3) is 5.78 Å². The Kier molecular flexibility index (Phi) is 5.50. The first-order chi connectivity index (χ1) is 13.7. The molecule has 0 saturated carbocycles. The quantitative estimate of drug-likeness (QED) is 0.744. The molecular formula is C22H21NO5. The van der Waals surface area contributed by atoms with Gasteiger partial charge in [-0.1, -0.05) is 42.5 Å². The van der Waals surface area contributed by atoms with E-state index in [2.05, 4.69) is 0 Å². The van der Waals surface area contributed by atoms with Gasteiger partial charge < -0.3 is 14.2 Å². The first kappa shape index (κ1) is 18.4. The number of rotatable bonds is 5. The molecule has 0 aliphatic carbocycles. The average molecular weight is 379 g/mol. The van der Waals surface area contributed by atoms with E-state index in [1.165, 1.54) is 6.08 Å². The summed E-state index contributed by atoms with van der Waals surface area (Å²) in [6.45, 7) is 2.58. The standard InChI is InChI=1S/C22H21NO5/c24-19-14-20(28-22(21(19)25)23-9-11-26-12-10-23)17-7-4-8-18(13-17)27-15-16-5-2-1-3-6-16/h1-8,13-14,22H,9-12,15H2. The molecule has 6 heteroatoms. The molecule has 1 unspecified atom stereocenters. The Morgan fingerprint density at radius 2 is 1.79 bits per heavy atom. The highest BCUT2D eigenvalue weighted by Gasteiger charge is 2.37. The summed E-state index contributed by atoms with van der Waals surface area (Å²) in [5.74, 6) is -0.0418. The van der Waals surface area contributed by atoms with Crippen LogP contribution in [0.2, 0.25) is 0 Å². The van der Waals surface area contributed by atoms with Crippen molar-refractivity contribution in [1.82, 2.24) is 4.90 Å². The molecule has 144 valence electrons. The second kappa shape index (κ2) is 8.37. The van der Waals surface area contributed by atoms with E-state index in [4.69, 9.17) is 14.2 Å². The predicted octanol–water partition coefficient (Wildman–Crippen LogP) is 2.43. The van der Waals surface area contributed by atoms with Crippen molar-refractivity contribution in [2.75, 3.05) is 26.3 Å². The zero-order chi connectivity index (χ0) is 19.3. The van der Waals surface area contributed by atoms with Gasteiger partial charge in [-0.15, -0.1) is 0 Å². The molecule has 4 rings (SSSR count). The summed E-state index contributed by atoms with van der Waals surface area (Å²) < 4.78 is 17.1. The molecule has 2 heterocycles. The fourth-order valence-electron chi connectivity index (χ4n) is 3.20. The molecule has 0 aromatic heterocycles. The van der Waals surface area contributed by atoms with Gasteiger partial charge in [-0.05, 0) is 17.7 Å². The minimum absolute atomic E-state index is 0.381. The number of ether oxygens (including phenoxy) is 3. The molecule has 0 amide bonds. The second-order valence-corrected chi connectivity index (χ2v) is 6.66. The van der Waals surface area contributed by atoms with Crippen molar-refractivity contribution in [3.8, 4) is 5.75 Å². The van der Waals surface area contributed by atoms with Crippen LogP contribution < -0.4 is 4.74 Å². The van der Waals surface area contributed by atoms with Crippen molar-refractivity contribution in [3.63, 3.8) is 0 Å².